The number of hydrogen-bond donors (Lipinski definition) is 1. The number of fused-ring (bicyclic) bond motifs is 2. The van der Waals surface area contributed by atoms with Gasteiger partial charge in [-0.25, -0.2) is 0 Å². The highest BCUT2D eigenvalue weighted by atomic mass is 16.5. The fourth-order valence-electron chi connectivity index (χ4n) is 4.13. The van der Waals surface area contributed by atoms with Crippen LogP contribution in [-0.4, -0.2) is 28.0 Å². The van der Waals surface area contributed by atoms with Crippen molar-refractivity contribution in [3.8, 4) is 11.6 Å². The van der Waals surface area contributed by atoms with Crippen LogP contribution in [0.4, 0.5) is 5.69 Å². The maximum absolute atomic E-state index is 13.2. The fraction of sp³-hybridized carbons (Fsp3) is 0.107. The van der Waals surface area contributed by atoms with Crippen LogP contribution >= 0.6 is 0 Å². The molecule has 5 rings (SSSR count). The van der Waals surface area contributed by atoms with E-state index in [1.807, 2.05) is 79.7 Å². The summed E-state index contributed by atoms with van der Waals surface area (Å²) in [5.74, 6) is 0.602. The van der Waals surface area contributed by atoms with Gasteiger partial charge in [0.1, 0.15) is 5.75 Å². The molecule has 0 saturated carbocycles. The number of ether oxygens (including phenoxy) is 1. The molecule has 0 bridgehead atoms. The van der Waals surface area contributed by atoms with Gasteiger partial charge in [0.15, 0.2) is 0 Å². The summed E-state index contributed by atoms with van der Waals surface area (Å²) < 4.78 is 6.59. The number of benzene rings is 3. The third-order valence-corrected chi connectivity index (χ3v) is 5.84. The zero-order valence-electron chi connectivity index (χ0n) is 18.9. The predicted molar refractivity (Wildman–Crippen MR) is 136 cm³/mol. The highest BCUT2D eigenvalue weighted by Crippen LogP contribution is 2.28. The van der Waals surface area contributed by atoms with E-state index in [0.29, 0.717) is 16.3 Å². The average Bonchev–Trinajstić information content (AvgIpc) is 2.86. The van der Waals surface area contributed by atoms with Crippen LogP contribution in [0.3, 0.4) is 0 Å². The second-order valence-corrected chi connectivity index (χ2v) is 8.08. The van der Waals surface area contributed by atoms with Gasteiger partial charge in [-0.15, -0.1) is 0 Å². The SMILES string of the molecule is COc1ccc(Cn2c(O)c(C=Nc3cc(C)nc4ccccc34)c3ccccc3c2=O)cc1. The molecule has 1 N–H and O–H groups in total. The van der Waals surface area contributed by atoms with Crippen molar-refractivity contribution >= 4 is 33.6 Å². The molecule has 0 atom stereocenters. The van der Waals surface area contributed by atoms with Gasteiger partial charge < -0.3 is 9.84 Å². The Morgan fingerprint density at radius 3 is 2.38 bits per heavy atom. The standard InChI is InChI=1S/C28H23N3O3/c1-18-15-26(23-9-5-6-10-25(23)30-18)29-16-24-21-7-3-4-8-22(21)27(32)31(28(24)33)17-19-11-13-20(34-2)14-12-19/h3-16,33H,17H2,1-2H3. The number of rotatable bonds is 5. The van der Waals surface area contributed by atoms with E-state index in [4.69, 9.17) is 9.73 Å². The van der Waals surface area contributed by atoms with Gasteiger partial charge in [0.25, 0.3) is 5.56 Å². The van der Waals surface area contributed by atoms with Crippen LogP contribution in [0.5, 0.6) is 11.6 Å². The lowest BCUT2D eigenvalue weighted by Gasteiger charge is -2.14. The molecule has 0 spiro atoms. The van der Waals surface area contributed by atoms with Gasteiger partial charge in [0, 0.05) is 28.1 Å². The van der Waals surface area contributed by atoms with E-state index in [2.05, 4.69) is 4.98 Å². The number of aryl methyl sites for hydroxylation is 1. The molecule has 2 heterocycles. The van der Waals surface area contributed by atoms with Gasteiger partial charge in [-0.05, 0) is 42.8 Å². The first-order chi connectivity index (χ1) is 16.5. The lowest BCUT2D eigenvalue weighted by molar-refractivity contribution is 0.412. The predicted octanol–water partition coefficient (Wildman–Crippen LogP) is 5.37. The van der Waals surface area contributed by atoms with Crippen molar-refractivity contribution < 1.29 is 9.84 Å². The number of pyridine rings is 2. The van der Waals surface area contributed by atoms with Crippen LogP contribution in [-0.2, 0) is 6.54 Å². The first-order valence-electron chi connectivity index (χ1n) is 10.9. The molecular formula is C28H23N3O3. The lowest BCUT2D eigenvalue weighted by Crippen LogP contribution is -2.22. The zero-order valence-corrected chi connectivity index (χ0v) is 18.9. The van der Waals surface area contributed by atoms with Crippen LogP contribution in [0.15, 0.2) is 88.6 Å². The molecule has 3 aromatic carbocycles. The average molecular weight is 450 g/mol. The summed E-state index contributed by atoms with van der Waals surface area (Å²) >= 11 is 0. The third kappa shape index (κ3) is 3.90. The van der Waals surface area contributed by atoms with Crippen molar-refractivity contribution in [1.82, 2.24) is 9.55 Å². The molecule has 0 amide bonds. The summed E-state index contributed by atoms with van der Waals surface area (Å²) in [4.78, 5) is 22.5. The topological polar surface area (TPSA) is 76.7 Å². The Hall–Kier alpha value is -4.45. The molecule has 0 fully saturated rings. The summed E-state index contributed by atoms with van der Waals surface area (Å²) in [5, 5.41) is 13.3. The Morgan fingerprint density at radius 2 is 1.65 bits per heavy atom. The van der Waals surface area contributed by atoms with Crippen molar-refractivity contribution in [2.24, 2.45) is 4.99 Å². The molecule has 34 heavy (non-hydrogen) atoms. The minimum Gasteiger partial charge on any atom is -0.497 e. The van der Waals surface area contributed by atoms with E-state index >= 15 is 0 Å². The normalized spacial score (nSPS) is 11.5. The summed E-state index contributed by atoms with van der Waals surface area (Å²) in [6.07, 6.45) is 1.63. The minimum absolute atomic E-state index is 0.127. The van der Waals surface area contributed by atoms with Crippen LogP contribution in [0.2, 0.25) is 0 Å². The number of nitrogens with zero attached hydrogens (tertiary/aromatic N) is 3. The molecule has 5 aromatic rings. The summed E-state index contributed by atoms with van der Waals surface area (Å²) in [5.41, 5.74) is 3.55. The van der Waals surface area contributed by atoms with E-state index in [1.165, 1.54) is 4.57 Å². The number of aromatic hydroxyl groups is 1. The molecule has 168 valence electrons. The Kier molecular flexibility index (Phi) is 5.55. The number of aliphatic imine (C=N–C) groups is 1. The van der Waals surface area contributed by atoms with Crippen LogP contribution < -0.4 is 10.3 Å². The fourth-order valence-corrected chi connectivity index (χ4v) is 4.13. The quantitative estimate of drug-likeness (QED) is 0.366. The Labute approximate surface area is 196 Å². The van der Waals surface area contributed by atoms with Crippen LogP contribution in [0, 0.1) is 6.92 Å². The first kappa shape index (κ1) is 21.4. The highest BCUT2D eigenvalue weighted by molar-refractivity contribution is 6.03. The van der Waals surface area contributed by atoms with Gasteiger partial charge in [-0.1, -0.05) is 48.5 Å². The maximum Gasteiger partial charge on any atom is 0.261 e. The molecule has 0 radical (unpaired) electrons. The van der Waals surface area contributed by atoms with Crippen molar-refractivity contribution in [2.45, 2.75) is 13.5 Å². The van der Waals surface area contributed by atoms with E-state index in [0.717, 1.165) is 33.6 Å². The van der Waals surface area contributed by atoms with Crippen molar-refractivity contribution in [3.05, 3.63) is 106 Å². The second-order valence-electron chi connectivity index (χ2n) is 8.08. The Morgan fingerprint density at radius 1 is 0.971 bits per heavy atom. The van der Waals surface area contributed by atoms with E-state index in [-0.39, 0.29) is 18.0 Å². The first-order valence-corrected chi connectivity index (χ1v) is 10.9. The minimum atomic E-state index is -0.258. The van der Waals surface area contributed by atoms with Gasteiger partial charge in [0.2, 0.25) is 5.88 Å². The number of hydrogen-bond acceptors (Lipinski definition) is 5. The highest BCUT2D eigenvalue weighted by Gasteiger charge is 2.15. The largest absolute Gasteiger partial charge is 0.497 e. The van der Waals surface area contributed by atoms with Gasteiger partial charge >= 0.3 is 0 Å². The Balaban J connectivity index is 1.66. The molecule has 0 unspecified atom stereocenters. The monoisotopic (exact) mass is 449 g/mol. The van der Waals surface area contributed by atoms with Crippen molar-refractivity contribution in [1.29, 1.82) is 0 Å². The number of aromatic nitrogens is 2. The lowest BCUT2D eigenvalue weighted by atomic mass is 10.1. The number of para-hydroxylation sites is 1. The van der Waals surface area contributed by atoms with Crippen molar-refractivity contribution in [2.75, 3.05) is 7.11 Å². The molecule has 0 saturated heterocycles. The van der Waals surface area contributed by atoms with Crippen LogP contribution in [0.1, 0.15) is 16.8 Å². The van der Waals surface area contributed by atoms with Gasteiger partial charge in [-0.2, -0.15) is 0 Å². The van der Waals surface area contributed by atoms with Gasteiger partial charge in [0.05, 0.1) is 30.4 Å². The molecule has 0 aliphatic heterocycles. The molecule has 6 heteroatoms. The Bertz CT molecular complexity index is 1600. The maximum atomic E-state index is 13.2. The van der Waals surface area contributed by atoms with E-state index < -0.39 is 0 Å². The van der Waals surface area contributed by atoms with Crippen LogP contribution in [0.25, 0.3) is 21.7 Å². The molecule has 2 aromatic heterocycles. The van der Waals surface area contributed by atoms with Gasteiger partial charge in [-0.3, -0.25) is 19.3 Å². The zero-order chi connectivity index (χ0) is 23.7. The third-order valence-electron chi connectivity index (χ3n) is 5.84. The molecule has 0 aliphatic rings. The smallest absolute Gasteiger partial charge is 0.261 e. The molecular weight excluding hydrogens is 426 g/mol. The molecule has 0 aliphatic carbocycles. The summed E-state index contributed by atoms with van der Waals surface area (Å²) in [6.45, 7) is 2.14. The van der Waals surface area contributed by atoms with E-state index in [1.54, 1.807) is 19.4 Å². The summed E-state index contributed by atoms with van der Waals surface area (Å²) in [7, 11) is 1.60. The van der Waals surface area contributed by atoms with E-state index in [9.17, 15) is 9.90 Å². The second kappa shape index (κ2) is 8.83. The molecule has 6 nitrogen and oxygen atoms in total. The summed E-state index contributed by atoms with van der Waals surface area (Å²) in [6, 6.07) is 24.4. The number of methoxy groups -OCH3 is 1. The van der Waals surface area contributed by atoms with Crippen molar-refractivity contribution in [3.63, 3.8) is 0 Å².